The highest BCUT2D eigenvalue weighted by Crippen LogP contribution is 2.32. The second-order valence-electron chi connectivity index (χ2n) is 6.07. The first-order valence-corrected chi connectivity index (χ1v) is 9.05. The third-order valence-electron chi connectivity index (χ3n) is 4.56. The Morgan fingerprint density at radius 3 is 2.60 bits per heavy atom. The second-order valence-corrected chi connectivity index (χ2v) is 7.02. The average Bonchev–Trinajstić information content (AvgIpc) is 3.22. The van der Waals surface area contributed by atoms with E-state index in [9.17, 15) is 4.79 Å². The Kier molecular flexibility index (Phi) is 8.86. The number of aryl methyl sites for hydroxylation is 1. The lowest BCUT2D eigenvalue weighted by Crippen LogP contribution is -2.31. The number of likely N-dealkylation sites (tertiary alicyclic amines) is 1. The van der Waals surface area contributed by atoms with Crippen molar-refractivity contribution < 1.29 is 4.79 Å². The Bertz CT molecular complexity index is 665. The lowest BCUT2D eigenvalue weighted by Gasteiger charge is -2.16. The molecule has 0 unspecified atom stereocenters. The molecule has 2 heterocycles. The molecule has 138 valence electrons. The maximum absolute atomic E-state index is 12.6. The number of halogens is 2. The molecule has 2 aromatic rings. The van der Waals surface area contributed by atoms with Crippen LogP contribution >= 0.6 is 36.2 Å². The Morgan fingerprint density at radius 1 is 1.28 bits per heavy atom. The number of nitrogens with two attached hydrogens (primary N) is 1. The topological polar surface area (TPSA) is 59.2 Å². The molecule has 7 heteroatoms. The van der Waals surface area contributed by atoms with Crippen LogP contribution in [0, 0.1) is 5.92 Å². The van der Waals surface area contributed by atoms with Crippen LogP contribution in [-0.4, -0.2) is 35.4 Å². The highest BCUT2D eigenvalue weighted by molar-refractivity contribution is 7.09. The fourth-order valence-electron chi connectivity index (χ4n) is 3.25. The van der Waals surface area contributed by atoms with Gasteiger partial charge in [-0.1, -0.05) is 37.3 Å². The van der Waals surface area contributed by atoms with Gasteiger partial charge in [-0.3, -0.25) is 4.79 Å². The number of hydrogen-bond acceptors (Lipinski definition) is 4. The van der Waals surface area contributed by atoms with Gasteiger partial charge in [-0.05, 0) is 24.4 Å². The fourth-order valence-corrected chi connectivity index (χ4v) is 4.00. The zero-order chi connectivity index (χ0) is 16.2. The molecule has 1 aliphatic heterocycles. The highest BCUT2D eigenvalue weighted by Gasteiger charge is 2.35. The molecule has 1 saturated heterocycles. The van der Waals surface area contributed by atoms with Crippen LogP contribution in [0.5, 0.6) is 0 Å². The second kappa shape index (κ2) is 10.1. The quantitative estimate of drug-likeness (QED) is 0.835. The van der Waals surface area contributed by atoms with Crippen LogP contribution in [0.3, 0.4) is 0 Å². The molecule has 1 aromatic heterocycles. The van der Waals surface area contributed by atoms with Crippen LogP contribution < -0.4 is 5.73 Å². The van der Waals surface area contributed by atoms with Crippen molar-refractivity contribution in [2.75, 3.05) is 19.6 Å². The molecule has 25 heavy (non-hydrogen) atoms. The van der Waals surface area contributed by atoms with Gasteiger partial charge in [-0.25, -0.2) is 4.98 Å². The molecule has 4 nitrogen and oxygen atoms in total. The number of thiazole rings is 1. The number of amides is 1. The zero-order valence-corrected chi connectivity index (χ0v) is 16.7. The third kappa shape index (κ3) is 5.17. The van der Waals surface area contributed by atoms with Gasteiger partial charge < -0.3 is 10.6 Å². The van der Waals surface area contributed by atoms with E-state index >= 15 is 0 Å². The lowest BCUT2D eigenvalue weighted by molar-refractivity contribution is -0.129. The first-order valence-electron chi connectivity index (χ1n) is 8.17. The number of nitrogens with zero attached hydrogens (tertiary/aromatic N) is 2. The van der Waals surface area contributed by atoms with Crippen LogP contribution in [0.2, 0.25) is 0 Å². The van der Waals surface area contributed by atoms with Gasteiger partial charge in [0.05, 0.1) is 17.1 Å². The number of hydrogen-bond donors (Lipinski definition) is 1. The lowest BCUT2D eigenvalue weighted by atomic mass is 9.89. The monoisotopic (exact) mass is 401 g/mol. The van der Waals surface area contributed by atoms with Gasteiger partial charge in [0.1, 0.15) is 0 Å². The first kappa shape index (κ1) is 21.9. The Morgan fingerprint density at radius 2 is 2.00 bits per heavy atom. The summed E-state index contributed by atoms with van der Waals surface area (Å²) in [6.07, 6.45) is 1.32. The van der Waals surface area contributed by atoms with Gasteiger partial charge in [-0.15, -0.1) is 36.2 Å². The molecular formula is C18H25Cl2N3OS. The average molecular weight is 402 g/mol. The molecule has 2 N–H and O–H groups in total. The van der Waals surface area contributed by atoms with E-state index in [4.69, 9.17) is 5.73 Å². The van der Waals surface area contributed by atoms with Crippen molar-refractivity contribution in [1.82, 2.24) is 9.88 Å². The van der Waals surface area contributed by atoms with Crippen LogP contribution in [0.25, 0.3) is 0 Å². The molecule has 0 aliphatic carbocycles. The minimum absolute atomic E-state index is 0. The van der Waals surface area contributed by atoms with Crippen molar-refractivity contribution >= 4 is 42.1 Å². The van der Waals surface area contributed by atoms with E-state index in [0.717, 1.165) is 30.2 Å². The first-order chi connectivity index (χ1) is 11.2. The molecule has 1 aliphatic rings. The molecule has 0 radical (unpaired) electrons. The SMILES string of the molecule is CCc1nc(CC(=O)N2C[C@@H](CN)[C@H](c3ccccc3)C2)cs1.Cl.Cl. The van der Waals surface area contributed by atoms with Crippen molar-refractivity contribution in [1.29, 1.82) is 0 Å². The van der Waals surface area contributed by atoms with E-state index < -0.39 is 0 Å². The summed E-state index contributed by atoms with van der Waals surface area (Å²) in [5.74, 6) is 0.838. The standard InChI is InChI=1S/C18H23N3OS.2ClH/c1-2-17-20-15(12-23-17)8-18(22)21-10-14(9-19)16(11-21)13-6-4-3-5-7-13;;/h3-7,12,14,16H,2,8-11,19H2,1H3;2*1H/t14-,16+;;/m1../s1. The molecule has 2 atom stereocenters. The Balaban J connectivity index is 0.00000156. The van der Waals surface area contributed by atoms with Gasteiger partial charge in [0, 0.05) is 24.4 Å². The van der Waals surface area contributed by atoms with Crippen LogP contribution in [0.4, 0.5) is 0 Å². The molecule has 0 bridgehead atoms. The van der Waals surface area contributed by atoms with Gasteiger partial charge in [0.2, 0.25) is 5.91 Å². The zero-order valence-electron chi connectivity index (χ0n) is 14.3. The molecule has 1 amide bonds. The number of rotatable bonds is 5. The number of carbonyl (C=O) groups excluding carboxylic acids is 1. The number of carbonyl (C=O) groups is 1. The largest absolute Gasteiger partial charge is 0.341 e. The van der Waals surface area contributed by atoms with Crippen molar-refractivity contribution in [3.8, 4) is 0 Å². The van der Waals surface area contributed by atoms with Gasteiger partial charge >= 0.3 is 0 Å². The fraction of sp³-hybridized carbons (Fsp3) is 0.444. The van der Waals surface area contributed by atoms with E-state index in [2.05, 4.69) is 36.2 Å². The molecule has 0 saturated carbocycles. The summed E-state index contributed by atoms with van der Waals surface area (Å²) >= 11 is 1.63. The third-order valence-corrected chi connectivity index (χ3v) is 5.60. The van der Waals surface area contributed by atoms with E-state index in [-0.39, 0.29) is 30.7 Å². The summed E-state index contributed by atoms with van der Waals surface area (Å²) < 4.78 is 0. The summed E-state index contributed by atoms with van der Waals surface area (Å²) in [7, 11) is 0. The van der Waals surface area contributed by atoms with Crippen LogP contribution in [0.15, 0.2) is 35.7 Å². The van der Waals surface area contributed by atoms with E-state index in [1.54, 1.807) is 11.3 Å². The smallest absolute Gasteiger partial charge is 0.228 e. The highest BCUT2D eigenvalue weighted by atomic mass is 35.5. The molecule has 1 aromatic carbocycles. The van der Waals surface area contributed by atoms with Crippen molar-refractivity contribution in [2.24, 2.45) is 11.7 Å². The Labute approximate surface area is 165 Å². The maximum Gasteiger partial charge on any atom is 0.228 e. The minimum atomic E-state index is 0. The van der Waals surface area contributed by atoms with Gasteiger partial charge in [0.15, 0.2) is 0 Å². The molecular weight excluding hydrogens is 377 g/mol. The molecule has 3 rings (SSSR count). The summed E-state index contributed by atoms with van der Waals surface area (Å²) in [6.45, 7) is 4.20. The molecule has 0 spiro atoms. The van der Waals surface area contributed by atoms with Gasteiger partial charge in [0.25, 0.3) is 0 Å². The predicted octanol–water partition coefficient (Wildman–Crippen LogP) is 3.29. The van der Waals surface area contributed by atoms with E-state index in [0.29, 0.717) is 24.8 Å². The minimum Gasteiger partial charge on any atom is -0.341 e. The van der Waals surface area contributed by atoms with Crippen molar-refractivity contribution in [3.05, 3.63) is 52.0 Å². The van der Waals surface area contributed by atoms with Crippen LogP contribution in [-0.2, 0) is 17.6 Å². The molecule has 1 fully saturated rings. The summed E-state index contributed by atoms with van der Waals surface area (Å²) in [5, 5.41) is 3.10. The van der Waals surface area contributed by atoms with Crippen LogP contribution in [0.1, 0.15) is 29.1 Å². The normalized spacial score (nSPS) is 19.2. The summed E-state index contributed by atoms with van der Waals surface area (Å²) in [5.41, 5.74) is 8.12. The number of aromatic nitrogens is 1. The summed E-state index contributed by atoms with van der Waals surface area (Å²) in [6, 6.07) is 10.4. The number of benzene rings is 1. The van der Waals surface area contributed by atoms with Crippen molar-refractivity contribution in [2.45, 2.75) is 25.7 Å². The van der Waals surface area contributed by atoms with Gasteiger partial charge in [-0.2, -0.15) is 0 Å². The van der Waals surface area contributed by atoms with E-state index in [1.807, 2.05) is 16.3 Å². The Hall–Kier alpha value is -1.14. The summed E-state index contributed by atoms with van der Waals surface area (Å²) in [4.78, 5) is 19.1. The van der Waals surface area contributed by atoms with Crippen molar-refractivity contribution in [3.63, 3.8) is 0 Å². The predicted molar refractivity (Wildman–Crippen MR) is 108 cm³/mol. The van der Waals surface area contributed by atoms with E-state index in [1.165, 1.54) is 5.56 Å². The maximum atomic E-state index is 12.6.